The molecule has 0 fully saturated rings. The van der Waals surface area contributed by atoms with E-state index in [2.05, 4.69) is 97.6 Å². The predicted molar refractivity (Wildman–Crippen MR) is 124 cm³/mol. The van der Waals surface area contributed by atoms with Crippen LogP contribution >= 0.6 is 0 Å². The van der Waals surface area contributed by atoms with Crippen LogP contribution in [0.3, 0.4) is 0 Å². The van der Waals surface area contributed by atoms with Gasteiger partial charge in [0.15, 0.2) is 0 Å². The highest BCUT2D eigenvalue weighted by Gasteiger charge is 2.19. The zero-order chi connectivity index (χ0) is 19.8. The Morgan fingerprint density at radius 3 is 2.07 bits per heavy atom. The van der Waals surface area contributed by atoms with Crippen LogP contribution < -0.4 is 0 Å². The van der Waals surface area contributed by atoms with Gasteiger partial charge in [-0.25, -0.2) is 0 Å². The molecule has 144 valence electrons. The van der Waals surface area contributed by atoms with Gasteiger partial charge in [0.1, 0.15) is 0 Å². The van der Waals surface area contributed by atoms with Crippen molar-refractivity contribution in [2.45, 2.75) is 26.8 Å². The van der Waals surface area contributed by atoms with Gasteiger partial charge in [0.2, 0.25) is 0 Å². The molecule has 5 rings (SSSR count). The van der Waals surface area contributed by atoms with Crippen LogP contribution in [0.25, 0.3) is 33.0 Å². The lowest BCUT2D eigenvalue weighted by Gasteiger charge is -2.18. The van der Waals surface area contributed by atoms with Gasteiger partial charge in [-0.2, -0.15) is 0 Å². The molecule has 0 radical (unpaired) electrons. The third-order valence-electron chi connectivity index (χ3n) is 6.33. The smallest absolute Gasteiger partial charge is 0.0233 e. The van der Waals surface area contributed by atoms with Crippen molar-refractivity contribution in [3.05, 3.63) is 95.6 Å². The van der Waals surface area contributed by atoms with Gasteiger partial charge >= 0.3 is 0 Å². The molecule has 0 spiro atoms. The van der Waals surface area contributed by atoms with Crippen LogP contribution in [0.1, 0.15) is 30.5 Å². The first kappa shape index (κ1) is 18.1. The molecular weight excluding hydrogens is 350 g/mol. The molecule has 0 N–H and O–H groups in total. The second-order valence-corrected chi connectivity index (χ2v) is 8.03. The van der Waals surface area contributed by atoms with Gasteiger partial charge in [-0.1, -0.05) is 80.6 Å². The van der Waals surface area contributed by atoms with Gasteiger partial charge in [-0.05, 0) is 81.4 Å². The molecule has 1 aliphatic carbocycles. The summed E-state index contributed by atoms with van der Waals surface area (Å²) >= 11 is 0. The van der Waals surface area contributed by atoms with Crippen molar-refractivity contribution in [3.63, 3.8) is 0 Å². The quantitative estimate of drug-likeness (QED) is 0.328. The van der Waals surface area contributed by atoms with Crippen LogP contribution in [0, 0.1) is 0 Å². The fourth-order valence-electron chi connectivity index (χ4n) is 4.69. The Hall–Kier alpha value is -2.90. The Morgan fingerprint density at radius 1 is 0.621 bits per heavy atom. The fourth-order valence-corrected chi connectivity index (χ4v) is 4.69. The van der Waals surface area contributed by atoms with Crippen LogP contribution in [0.15, 0.2) is 78.9 Å². The molecule has 0 aliphatic heterocycles. The van der Waals surface area contributed by atoms with Crippen LogP contribution in [-0.2, 0) is 13.0 Å². The average molecular weight is 378 g/mol. The van der Waals surface area contributed by atoms with Crippen molar-refractivity contribution in [3.8, 4) is 22.3 Å². The number of rotatable bonds is 4. The molecule has 0 bridgehead atoms. The SMILES string of the molecule is CCN(CC)Cc1ccc2cc3c(cc2c1)Cc1ccccc1-c1ccccc1-3. The van der Waals surface area contributed by atoms with Gasteiger partial charge < -0.3 is 0 Å². The summed E-state index contributed by atoms with van der Waals surface area (Å²) in [7, 11) is 0. The summed E-state index contributed by atoms with van der Waals surface area (Å²) in [5.41, 5.74) is 9.68. The molecule has 4 aromatic carbocycles. The molecule has 1 heteroatoms. The Kier molecular flexibility index (Phi) is 4.69. The second-order valence-electron chi connectivity index (χ2n) is 8.03. The van der Waals surface area contributed by atoms with E-state index in [1.54, 1.807) is 0 Å². The van der Waals surface area contributed by atoms with Crippen LogP contribution in [0.4, 0.5) is 0 Å². The van der Waals surface area contributed by atoms with Gasteiger partial charge in [-0.15, -0.1) is 0 Å². The van der Waals surface area contributed by atoms with E-state index in [9.17, 15) is 0 Å². The Bertz CT molecular complexity index is 1180. The number of hydrogen-bond acceptors (Lipinski definition) is 1. The van der Waals surface area contributed by atoms with Crippen molar-refractivity contribution in [2.24, 2.45) is 0 Å². The van der Waals surface area contributed by atoms with E-state index in [1.807, 2.05) is 0 Å². The first-order valence-corrected chi connectivity index (χ1v) is 10.7. The Morgan fingerprint density at radius 2 is 1.31 bits per heavy atom. The highest BCUT2D eigenvalue weighted by Crippen LogP contribution is 2.41. The summed E-state index contributed by atoms with van der Waals surface area (Å²) in [5, 5.41) is 2.68. The Balaban J connectivity index is 1.68. The van der Waals surface area contributed by atoms with Gasteiger partial charge in [0.25, 0.3) is 0 Å². The Labute approximate surface area is 173 Å². The van der Waals surface area contributed by atoms with E-state index in [0.717, 1.165) is 26.1 Å². The molecule has 0 atom stereocenters. The molecule has 0 saturated heterocycles. The van der Waals surface area contributed by atoms with E-state index in [-0.39, 0.29) is 0 Å². The lowest BCUT2D eigenvalue weighted by molar-refractivity contribution is 0.296. The van der Waals surface area contributed by atoms with Crippen LogP contribution in [-0.4, -0.2) is 18.0 Å². The maximum atomic E-state index is 2.47. The van der Waals surface area contributed by atoms with E-state index >= 15 is 0 Å². The zero-order valence-electron chi connectivity index (χ0n) is 17.3. The molecule has 0 saturated carbocycles. The second kappa shape index (κ2) is 7.50. The van der Waals surface area contributed by atoms with E-state index in [4.69, 9.17) is 0 Å². The normalized spacial score (nSPS) is 12.4. The summed E-state index contributed by atoms with van der Waals surface area (Å²) in [5.74, 6) is 0. The topological polar surface area (TPSA) is 3.24 Å². The third kappa shape index (κ3) is 3.26. The lowest BCUT2D eigenvalue weighted by atomic mass is 9.92. The summed E-state index contributed by atoms with van der Waals surface area (Å²) in [6.45, 7) is 7.67. The molecule has 1 nitrogen and oxygen atoms in total. The van der Waals surface area contributed by atoms with E-state index in [1.165, 1.54) is 49.7 Å². The van der Waals surface area contributed by atoms with E-state index < -0.39 is 0 Å². The molecule has 0 amide bonds. The maximum Gasteiger partial charge on any atom is 0.0233 e. The molecule has 0 heterocycles. The lowest BCUT2D eigenvalue weighted by Crippen LogP contribution is -2.21. The molecule has 29 heavy (non-hydrogen) atoms. The minimum absolute atomic E-state index is 0.983. The van der Waals surface area contributed by atoms with Gasteiger partial charge in [-0.3, -0.25) is 4.90 Å². The minimum Gasteiger partial charge on any atom is -0.300 e. The van der Waals surface area contributed by atoms with Gasteiger partial charge in [0, 0.05) is 6.54 Å². The standard InChI is InChI=1S/C28H27N/c1-3-29(4-2)19-20-13-14-21-18-28-24(17-23(21)15-20)16-22-9-5-6-10-25(22)26-11-7-8-12-27(26)28/h5-15,17-18H,3-4,16,19H2,1-2H3. The highest BCUT2D eigenvalue weighted by molar-refractivity contribution is 5.95. The number of nitrogens with zero attached hydrogens (tertiary/aromatic N) is 1. The number of benzene rings is 4. The summed E-state index contributed by atoms with van der Waals surface area (Å²) in [6, 6.07) is 29.5. The third-order valence-corrected chi connectivity index (χ3v) is 6.33. The molecule has 4 aromatic rings. The predicted octanol–water partition coefficient (Wildman–Crippen LogP) is 6.92. The first-order chi connectivity index (χ1) is 14.3. The van der Waals surface area contributed by atoms with Crippen molar-refractivity contribution < 1.29 is 0 Å². The van der Waals surface area contributed by atoms with Crippen molar-refractivity contribution in [1.82, 2.24) is 4.90 Å². The van der Waals surface area contributed by atoms with Crippen molar-refractivity contribution >= 4 is 10.8 Å². The number of hydrogen-bond donors (Lipinski definition) is 0. The summed E-state index contributed by atoms with van der Waals surface area (Å²) < 4.78 is 0. The average Bonchev–Trinajstić information content (AvgIpc) is 2.90. The minimum atomic E-state index is 0.983. The monoisotopic (exact) mass is 377 g/mol. The summed E-state index contributed by atoms with van der Waals surface area (Å²) in [6.07, 6.45) is 0.983. The summed E-state index contributed by atoms with van der Waals surface area (Å²) in [4.78, 5) is 2.47. The molecule has 0 aromatic heterocycles. The van der Waals surface area contributed by atoms with Crippen molar-refractivity contribution in [1.29, 1.82) is 0 Å². The zero-order valence-corrected chi connectivity index (χ0v) is 17.3. The highest BCUT2D eigenvalue weighted by atomic mass is 15.1. The largest absolute Gasteiger partial charge is 0.300 e. The first-order valence-electron chi connectivity index (χ1n) is 10.7. The maximum absolute atomic E-state index is 2.47. The van der Waals surface area contributed by atoms with Crippen LogP contribution in [0.5, 0.6) is 0 Å². The molecular formula is C28H27N. The number of fused-ring (bicyclic) bond motifs is 6. The van der Waals surface area contributed by atoms with Gasteiger partial charge in [0.05, 0.1) is 0 Å². The molecule has 1 aliphatic rings. The molecule has 0 unspecified atom stereocenters. The van der Waals surface area contributed by atoms with Crippen LogP contribution in [0.2, 0.25) is 0 Å². The fraction of sp³-hybridized carbons (Fsp3) is 0.214. The van der Waals surface area contributed by atoms with E-state index in [0.29, 0.717) is 0 Å². The van der Waals surface area contributed by atoms with Crippen molar-refractivity contribution in [2.75, 3.05) is 13.1 Å².